The van der Waals surface area contributed by atoms with Crippen molar-refractivity contribution in [2.24, 2.45) is 0 Å². The molecule has 3 aromatic rings. The molecule has 3 aliphatic carbocycles. The Morgan fingerprint density at radius 3 is 2.65 bits per heavy atom. The molecule has 1 spiro atoms. The number of benzene rings is 2. The van der Waals surface area contributed by atoms with Crippen LogP contribution >= 0.6 is 0 Å². The van der Waals surface area contributed by atoms with Crippen LogP contribution in [0.2, 0.25) is 18.1 Å². The van der Waals surface area contributed by atoms with Gasteiger partial charge < -0.3 is 24.2 Å². The van der Waals surface area contributed by atoms with Gasteiger partial charge in [0.2, 0.25) is 0 Å². The van der Waals surface area contributed by atoms with Gasteiger partial charge in [-0.15, -0.1) is 0 Å². The third-order valence-electron chi connectivity index (χ3n) is 11.3. The Balaban J connectivity index is 1.36. The summed E-state index contributed by atoms with van der Waals surface area (Å²) in [6.45, 7) is 11.5. The molecule has 1 saturated heterocycles. The van der Waals surface area contributed by atoms with E-state index in [2.05, 4.69) is 57.0 Å². The summed E-state index contributed by atoms with van der Waals surface area (Å²) < 4.78 is 29.1. The number of piperidine rings is 1. The van der Waals surface area contributed by atoms with Crippen molar-refractivity contribution in [3.8, 4) is 11.5 Å². The van der Waals surface area contributed by atoms with E-state index >= 15 is 4.39 Å². The first-order valence-electron chi connectivity index (χ1n) is 14.6. The Morgan fingerprint density at radius 2 is 1.93 bits per heavy atom. The molecular formula is C32H37FN2O4Si. The van der Waals surface area contributed by atoms with Crippen LogP contribution in [0.25, 0.3) is 10.9 Å². The average Bonchev–Trinajstić information content (AvgIpc) is 3.38. The molecule has 2 fully saturated rings. The summed E-state index contributed by atoms with van der Waals surface area (Å²) in [5, 5.41) is 14.1. The molecule has 6 nitrogen and oxygen atoms in total. The number of likely N-dealkylation sites (tertiary alicyclic amines) is 1. The lowest BCUT2D eigenvalue weighted by atomic mass is 9.49. The molecule has 1 aromatic heterocycles. The third-order valence-corrected chi connectivity index (χ3v) is 15.6. The zero-order valence-corrected chi connectivity index (χ0v) is 24.9. The molecule has 8 heteroatoms. The number of fused-ring (bicyclic) bond motifs is 4. The number of ether oxygens (including phenoxy) is 1. The molecule has 0 radical (unpaired) electrons. The molecule has 40 heavy (non-hydrogen) atoms. The summed E-state index contributed by atoms with van der Waals surface area (Å²) in [5.74, 6) is 1.02. The number of hydrogen-bond acceptors (Lipinski definition) is 4. The third kappa shape index (κ3) is 2.84. The minimum atomic E-state index is -2.19. The highest BCUT2D eigenvalue weighted by Crippen LogP contribution is 2.69. The van der Waals surface area contributed by atoms with Crippen LogP contribution in [0.15, 0.2) is 36.4 Å². The number of H-pyrrole nitrogens is 1. The number of nitrogens with zero attached hydrogens (tertiary/aromatic N) is 1. The van der Waals surface area contributed by atoms with E-state index in [-0.39, 0.29) is 17.9 Å². The highest BCUT2D eigenvalue weighted by molar-refractivity contribution is 6.74. The van der Waals surface area contributed by atoms with E-state index in [0.717, 1.165) is 44.8 Å². The minimum absolute atomic E-state index is 0.00624. The second-order valence-electron chi connectivity index (χ2n) is 14.4. The summed E-state index contributed by atoms with van der Waals surface area (Å²) in [6.07, 6.45) is 1.44. The van der Waals surface area contributed by atoms with Crippen LogP contribution in [0.4, 0.5) is 4.39 Å². The molecule has 4 atom stereocenters. The number of para-hydroxylation sites is 1. The average molecular weight is 561 g/mol. The predicted molar refractivity (Wildman–Crippen MR) is 153 cm³/mol. The molecule has 2 aromatic carbocycles. The Morgan fingerprint density at radius 1 is 1.18 bits per heavy atom. The Labute approximate surface area is 235 Å². The second-order valence-corrected chi connectivity index (χ2v) is 19.1. The summed E-state index contributed by atoms with van der Waals surface area (Å²) in [6, 6.07) is 11.7. The summed E-state index contributed by atoms with van der Waals surface area (Å²) in [7, 11) is -2.19. The fourth-order valence-corrected chi connectivity index (χ4v) is 8.98. The predicted octanol–water partition coefficient (Wildman–Crippen LogP) is 5.87. The lowest BCUT2D eigenvalue weighted by Crippen LogP contribution is -2.75. The van der Waals surface area contributed by atoms with Gasteiger partial charge in [-0.25, -0.2) is 4.39 Å². The van der Waals surface area contributed by atoms with E-state index < -0.39 is 43.1 Å². The number of rotatable bonds is 3. The normalized spacial score (nSPS) is 30.9. The van der Waals surface area contributed by atoms with Crippen molar-refractivity contribution in [1.29, 1.82) is 0 Å². The first-order chi connectivity index (χ1) is 18.8. The van der Waals surface area contributed by atoms with Gasteiger partial charge in [-0.05, 0) is 67.1 Å². The van der Waals surface area contributed by atoms with E-state index in [4.69, 9.17) is 9.16 Å². The fraction of sp³-hybridized carbons (Fsp3) is 0.531. The van der Waals surface area contributed by atoms with Crippen LogP contribution in [0.5, 0.6) is 11.5 Å². The van der Waals surface area contributed by atoms with Gasteiger partial charge in [0.1, 0.15) is 11.4 Å². The maximum atomic E-state index is 15.2. The summed E-state index contributed by atoms with van der Waals surface area (Å²) in [4.78, 5) is 18.8. The molecule has 0 unspecified atom stereocenters. The Kier molecular flexibility index (Phi) is 4.56. The number of alkyl halides is 1. The van der Waals surface area contributed by atoms with Gasteiger partial charge in [-0.3, -0.25) is 4.79 Å². The number of carbonyl (C=O) groups excluding carboxylic acids is 1. The van der Waals surface area contributed by atoms with E-state index in [9.17, 15) is 9.90 Å². The summed E-state index contributed by atoms with van der Waals surface area (Å²) in [5.41, 5.74) is 1.29. The Bertz CT molecular complexity index is 1620. The van der Waals surface area contributed by atoms with Crippen molar-refractivity contribution >= 4 is 25.1 Å². The van der Waals surface area contributed by atoms with Gasteiger partial charge in [0.25, 0.3) is 14.2 Å². The minimum Gasteiger partial charge on any atom is -0.541 e. The van der Waals surface area contributed by atoms with Crippen LogP contribution in [0.1, 0.15) is 68.5 Å². The number of hydrogen-bond donors (Lipinski definition) is 2. The Hall–Kier alpha value is -2.84. The number of aliphatic hydroxyl groups is 1. The number of halogens is 1. The number of aromatic amines is 1. The van der Waals surface area contributed by atoms with E-state index in [1.165, 1.54) is 0 Å². The van der Waals surface area contributed by atoms with Crippen molar-refractivity contribution in [2.45, 2.75) is 99.8 Å². The van der Waals surface area contributed by atoms with Crippen molar-refractivity contribution < 1.29 is 23.5 Å². The zero-order chi connectivity index (χ0) is 28.0. The molecule has 1 saturated carbocycles. The summed E-state index contributed by atoms with van der Waals surface area (Å²) >= 11 is 0. The van der Waals surface area contributed by atoms with Crippen molar-refractivity contribution in [2.75, 3.05) is 6.54 Å². The van der Waals surface area contributed by atoms with E-state index in [1.54, 1.807) is 4.90 Å². The van der Waals surface area contributed by atoms with Crippen LogP contribution < -0.4 is 9.16 Å². The van der Waals surface area contributed by atoms with Crippen molar-refractivity contribution in [3.05, 3.63) is 58.8 Å². The molecule has 2 bridgehead atoms. The van der Waals surface area contributed by atoms with Gasteiger partial charge in [-0.2, -0.15) is 0 Å². The highest BCUT2D eigenvalue weighted by Gasteiger charge is 2.74. The standard InChI is InChI=1S/C32H37FN2O4Si/c1-29(2,3)40(4,5)39-22-11-10-18-16-23-32(37)17-20-19-8-6-7-9-21(19)34-25(20)27-31(32,24(18)26(22)38-27)14-15-35(23)28(36)30(33)12-13-30/h6-11,23,27,34,37H,12-17H2,1-5H3/t23-,27+,31+,32-/m1/s1. The first-order valence-corrected chi connectivity index (χ1v) is 17.6. The quantitative estimate of drug-likeness (QED) is 0.393. The number of nitrogens with one attached hydrogen (secondary N) is 1. The van der Waals surface area contributed by atoms with Gasteiger partial charge in [-0.1, -0.05) is 45.0 Å². The molecule has 1 amide bonds. The van der Waals surface area contributed by atoms with E-state index in [1.807, 2.05) is 18.2 Å². The molecular weight excluding hydrogens is 523 g/mol. The molecule has 2 N–H and O–H groups in total. The monoisotopic (exact) mass is 560 g/mol. The highest BCUT2D eigenvalue weighted by atomic mass is 28.4. The van der Waals surface area contributed by atoms with Crippen molar-refractivity contribution in [3.63, 3.8) is 0 Å². The van der Waals surface area contributed by atoms with Gasteiger partial charge >= 0.3 is 0 Å². The van der Waals surface area contributed by atoms with Crippen molar-refractivity contribution in [1.82, 2.24) is 9.88 Å². The maximum Gasteiger partial charge on any atom is 0.260 e. The zero-order valence-electron chi connectivity index (χ0n) is 23.9. The SMILES string of the molecule is CC(C)(C)[Si](C)(C)Oc1ccc2c3c1O[C@H]1c4[nH]c5ccccc5c4C[C@@]4(O)[C@@H](C2)N(C(=O)C2(F)CC2)CC[C@]314. The van der Waals surface area contributed by atoms with Gasteiger partial charge in [0.05, 0.1) is 17.2 Å². The van der Waals surface area contributed by atoms with Crippen LogP contribution in [-0.4, -0.2) is 53.1 Å². The van der Waals surface area contributed by atoms with Crippen LogP contribution in [0.3, 0.4) is 0 Å². The maximum absolute atomic E-state index is 15.2. The molecule has 3 heterocycles. The smallest absolute Gasteiger partial charge is 0.260 e. The van der Waals surface area contributed by atoms with E-state index in [0.29, 0.717) is 25.8 Å². The first kappa shape index (κ1) is 24.9. The fourth-order valence-electron chi connectivity index (χ4n) is 7.96. The molecule has 8 rings (SSSR count). The molecule has 210 valence electrons. The van der Waals surface area contributed by atoms with Crippen LogP contribution in [-0.2, 0) is 23.1 Å². The van der Waals surface area contributed by atoms with Gasteiger partial charge in [0, 0.05) is 29.4 Å². The number of carbonyl (C=O) groups is 1. The largest absolute Gasteiger partial charge is 0.541 e. The second kappa shape index (κ2) is 7.32. The van der Waals surface area contributed by atoms with Crippen LogP contribution in [0, 0.1) is 0 Å². The number of aromatic nitrogens is 1. The van der Waals surface area contributed by atoms with Gasteiger partial charge in [0.15, 0.2) is 17.5 Å². The lowest BCUT2D eigenvalue weighted by molar-refractivity contribution is -0.186. The number of amides is 1. The lowest BCUT2D eigenvalue weighted by Gasteiger charge is -2.62. The molecule has 2 aliphatic heterocycles. The topological polar surface area (TPSA) is 74.8 Å². The molecule has 5 aliphatic rings.